The molecule has 0 saturated heterocycles. The zero-order valence-electron chi connectivity index (χ0n) is 10.6. The van der Waals surface area contributed by atoms with Gasteiger partial charge in [0.2, 0.25) is 0 Å². The van der Waals surface area contributed by atoms with E-state index in [-0.39, 0.29) is 0 Å². The summed E-state index contributed by atoms with van der Waals surface area (Å²) in [5.41, 5.74) is 8.53. The number of aryl methyl sites for hydroxylation is 1. The van der Waals surface area contributed by atoms with Crippen LogP contribution in [0.25, 0.3) is 10.9 Å². The smallest absolute Gasteiger partial charge is 0.0951 e. The minimum atomic E-state index is 0.704. The van der Waals surface area contributed by atoms with Gasteiger partial charge in [-0.1, -0.05) is 0 Å². The van der Waals surface area contributed by atoms with Gasteiger partial charge in [0.15, 0.2) is 0 Å². The van der Waals surface area contributed by atoms with Crippen LogP contribution in [0.1, 0.15) is 9.88 Å². The number of aromatic nitrogens is 2. The molecule has 0 fully saturated rings. The highest BCUT2D eigenvalue weighted by Gasteiger charge is 2.05. The molecule has 4 nitrogen and oxygen atoms in total. The molecule has 0 spiro atoms. The zero-order valence-corrected chi connectivity index (χ0v) is 11.4. The first-order valence-electron chi connectivity index (χ1n) is 6.02. The predicted molar refractivity (Wildman–Crippen MR) is 80.3 cm³/mol. The van der Waals surface area contributed by atoms with Gasteiger partial charge in [0.05, 0.1) is 22.8 Å². The van der Waals surface area contributed by atoms with Crippen LogP contribution in [0.3, 0.4) is 0 Å². The fraction of sp³-hybridized carbons (Fsp3) is 0.143. The van der Waals surface area contributed by atoms with Gasteiger partial charge in [-0.2, -0.15) is 0 Å². The number of fused-ring (bicyclic) bond motifs is 1. The maximum atomic E-state index is 5.94. The zero-order chi connectivity index (χ0) is 13.2. The van der Waals surface area contributed by atoms with Crippen molar-refractivity contribution in [3.8, 4) is 0 Å². The van der Waals surface area contributed by atoms with Crippen molar-refractivity contribution in [3.05, 3.63) is 46.5 Å². The summed E-state index contributed by atoms with van der Waals surface area (Å²) in [6, 6.07) is 7.82. The van der Waals surface area contributed by atoms with Crippen LogP contribution in [0.15, 0.2) is 36.7 Å². The van der Waals surface area contributed by atoms with Crippen molar-refractivity contribution in [1.29, 1.82) is 0 Å². The van der Waals surface area contributed by atoms with E-state index in [1.807, 2.05) is 37.4 Å². The maximum absolute atomic E-state index is 5.94. The van der Waals surface area contributed by atoms with Crippen LogP contribution in [0.2, 0.25) is 0 Å². The summed E-state index contributed by atoms with van der Waals surface area (Å²) in [6.07, 6.45) is 3.67. The maximum Gasteiger partial charge on any atom is 0.0951 e. The van der Waals surface area contributed by atoms with Gasteiger partial charge in [0.1, 0.15) is 0 Å². The lowest BCUT2D eigenvalue weighted by Gasteiger charge is -2.09. The molecule has 0 amide bonds. The van der Waals surface area contributed by atoms with Gasteiger partial charge in [-0.25, -0.2) is 4.98 Å². The Bertz CT molecular complexity index is 720. The molecule has 96 valence electrons. The summed E-state index contributed by atoms with van der Waals surface area (Å²) >= 11 is 1.70. The topological polar surface area (TPSA) is 63.8 Å². The van der Waals surface area contributed by atoms with Crippen molar-refractivity contribution >= 4 is 33.6 Å². The average Bonchev–Trinajstić information content (AvgIpc) is 2.84. The average molecular weight is 270 g/mol. The van der Waals surface area contributed by atoms with Crippen LogP contribution in [-0.4, -0.2) is 9.97 Å². The summed E-state index contributed by atoms with van der Waals surface area (Å²) in [6.45, 7) is 2.77. The monoisotopic (exact) mass is 270 g/mol. The number of thiazole rings is 1. The number of nitrogens with one attached hydrogen (secondary N) is 1. The largest absolute Gasteiger partial charge is 0.397 e. The minimum absolute atomic E-state index is 0.704. The van der Waals surface area contributed by atoms with Crippen molar-refractivity contribution in [2.24, 2.45) is 0 Å². The second-order valence-corrected chi connectivity index (χ2v) is 5.62. The number of benzene rings is 1. The van der Waals surface area contributed by atoms with Gasteiger partial charge in [-0.05, 0) is 31.2 Å². The van der Waals surface area contributed by atoms with Crippen LogP contribution in [0.4, 0.5) is 11.4 Å². The fourth-order valence-corrected chi connectivity index (χ4v) is 2.75. The van der Waals surface area contributed by atoms with E-state index < -0.39 is 0 Å². The third-order valence-electron chi connectivity index (χ3n) is 2.92. The quantitative estimate of drug-likeness (QED) is 0.717. The van der Waals surface area contributed by atoms with Crippen LogP contribution in [0, 0.1) is 6.92 Å². The molecule has 0 aliphatic rings. The van der Waals surface area contributed by atoms with E-state index in [0.29, 0.717) is 5.69 Å². The van der Waals surface area contributed by atoms with E-state index in [0.717, 1.165) is 28.1 Å². The Kier molecular flexibility index (Phi) is 3.05. The molecule has 0 bridgehead atoms. The van der Waals surface area contributed by atoms with Crippen molar-refractivity contribution < 1.29 is 0 Å². The lowest BCUT2D eigenvalue weighted by atomic mass is 10.1. The predicted octanol–water partition coefficient (Wildman–Crippen LogP) is 3.19. The Labute approximate surface area is 115 Å². The molecule has 3 rings (SSSR count). The van der Waals surface area contributed by atoms with Crippen LogP contribution < -0.4 is 11.1 Å². The number of pyridine rings is 1. The first-order valence-corrected chi connectivity index (χ1v) is 6.84. The highest BCUT2D eigenvalue weighted by molar-refractivity contribution is 7.11. The van der Waals surface area contributed by atoms with Crippen LogP contribution in [-0.2, 0) is 6.54 Å². The van der Waals surface area contributed by atoms with Gasteiger partial charge in [0.25, 0.3) is 0 Å². The summed E-state index contributed by atoms with van der Waals surface area (Å²) in [7, 11) is 0. The van der Waals surface area contributed by atoms with Crippen LogP contribution in [0.5, 0.6) is 0 Å². The van der Waals surface area contributed by atoms with Gasteiger partial charge in [-0.3, -0.25) is 4.98 Å². The second kappa shape index (κ2) is 4.85. The molecule has 0 unspecified atom stereocenters. The molecule has 3 N–H and O–H groups in total. The number of hydrogen-bond acceptors (Lipinski definition) is 5. The van der Waals surface area contributed by atoms with Crippen molar-refractivity contribution in [2.45, 2.75) is 13.5 Å². The number of nitrogens with zero attached hydrogens (tertiary/aromatic N) is 2. The molecular formula is C14H14N4S. The third kappa shape index (κ3) is 2.37. The van der Waals surface area contributed by atoms with Crippen LogP contribution >= 0.6 is 11.3 Å². The van der Waals surface area contributed by atoms with Crippen molar-refractivity contribution in [3.63, 3.8) is 0 Å². The molecule has 0 aliphatic carbocycles. The summed E-state index contributed by atoms with van der Waals surface area (Å²) in [5, 5.41) is 5.55. The number of anilines is 2. The second-order valence-electron chi connectivity index (χ2n) is 4.30. The Hall–Kier alpha value is -2.14. The van der Waals surface area contributed by atoms with E-state index in [4.69, 9.17) is 5.73 Å². The SMILES string of the molecule is Cc1ncc(CNc2ccc(N)c3ncccc23)s1. The van der Waals surface area contributed by atoms with Crippen molar-refractivity contribution in [2.75, 3.05) is 11.1 Å². The lowest BCUT2D eigenvalue weighted by molar-refractivity contribution is 1.17. The highest BCUT2D eigenvalue weighted by Crippen LogP contribution is 2.27. The van der Waals surface area contributed by atoms with Gasteiger partial charge < -0.3 is 11.1 Å². The van der Waals surface area contributed by atoms with E-state index in [2.05, 4.69) is 15.3 Å². The highest BCUT2D eigenvalue weighted by atomic mass is 32.1. The Morgan fingerprint density at radius 3 is 2.95 bits per heavy atom. The molecule has 19 heavy (non-hydrogen) atoms. The molecule has 0 saturated carbocycles. The normalized spacial score (nSPS) is 10.8. The fourth-order valence-electron chi connectivity index (χ4n) is 2.02. The standard InChI is InChI=1S/C14H14N4S/c1-9-17-7-10(19-9)8-18-13-5-4-12(15)14-11(13)3-2-6-16-14/h2-7,18H,8,15H2,1H3. The number of nitrogen functional groups attached to an aromatic ring is 1. The number of rotatable bonds is 3. The van der Waals surface area contributed by atoms with E-state index in [1.165, 1.54) is 4.88 Å². The molecule has 0 atom stereocenters. The summed E-state index contributed by atoms with van der Waals surface area (Å²) in [5.74, 6) is 0. The number of nitrogens with two attached hydrogens (primary N) is 1. The van der Waals surface area contributed by atoms with Gasteiger partial charge in [0, 0.05) is 28.3 Å². The lowest BCUT2D eigenvalue weighted by Crippen LogP contribution is -1.99. The minimum Gasteiger partial charge on any atom is -0.397 e. The molecule has 0 radical (unpaired) electrons. The first-order chi connectivity index (χ1) is 9.24. The summed E-state index contributed by atoms with van der Waals surface area (Å²) < 4.78 is 0. The molecule has 0 aliphatic heterocycles. The Morgan fingerprint density at radius 2 is 2.16 bits per heavy atom. The van der Waals surface area contributed by atoms with Crippen molar-refractivity contribution in [1.82, 2.24) is 9.97 Å². The van der Waals surface area contributed by atoms with E-state index in [1.54, 1.807) is 17.5 Å². The Morgan fingerprint density at radius 1 is 1.26 bits per heavy atom. The Balaban J connectivity index is 1.91. The molecule has 2 aromatic heterocycles. The molecule has 5 heteroatoms. The molecular weight excluding hydrogens is 256 g/mol. The first kappa shape index (κ1) is 11.9. The molecule has 3 aromatic rings. The van der Waals surface area contributed by atoms with Gasteiger partial charge in [-0.15, -0.1) is 11.3 Å². The van der Waals surface area contributed by atoms with Gasteiger partial charge >= 0.3 is 0 Å². The molecule has 1 aromatic carbocycles. The molecule has 2 heterocycles. The third-order valence-corrected chi connectivity index (χ3v) is 3.84. The summed E-state index contributed by atoms with van der Waals surface area (Å²) in [4.78, 5) is 9.79. The number of hydrogen-bond donors (Lipinski definition) is 2. The van der Waals surface area contributed by atoms with E-state index >= 15 is 0 Å². The van der Waals surface area contributed by atoms with E-state index in [9.17, 15) is 0 Å².